The van der Waals surface area contributed by atoms with Crippen LogP contribution in [-0.4, -0.2) is 10.8 Å². The molecule has 3 rings (SSSR count). The standard InChI is InChI=1S/C26H25F2NO/c1-4-6-25-18(3)29-12-11-21(25)15-20-7-5-8-24(17(20)2)26(30)10-9-19-13-22(27)16-23(28)14-19/h4-8,11-14,16H,9-10,15H2,1-3H3/b6-4-. The molecule has 0 radical (unpaired) electrons. The highest BCUT2D eigenvalue weighted by atomic mass is 19.1. The van der Waals surface area contributed by atoms with Crippen LogP contribution in [0.5, 0.6) is 0 Å². The monoisotopic (exact) mass is 405 g/mol. The predicted octanol–water partition coefficient (Wildman–Crippen LogP) is 6.42. The largest absolute Gasteiger partial charge is 0.294 e. The van der Waals surface area contributed by atoms with Crippen LogP contribution in [0.4, 0.5) is 8.78 Å². The van der Waals surface area contributed by atoms with E-state index in [1.54, 1.807) is 6.20 Å². The first-order chi connectivity index (χ1) is 14.4. The lowest BCUT2D eigenvalue weighted by Gasteiger charge is -2.13. The van der Waals surface area contributed by atoms with Crippen molar-refractivity contribution in [2.75, 3.05) is 0 Å². The molecular formula is C26H25F2NO. The van der Waals surface area contributed by atoms with Gasteiger partial charge in [0.2, 0.25) is 0 Å². The first kappa shape index (κ1) is 21.6. The fourth-order valence-electron chi connectivity index (χ4n) is 3.71. The van der Waals surface area contributed by atoms with Crippen molar-refractivity contribution >= 4 is 11.9 Å². The van der Waals surface area contributed by atoms with Crippen LogP contribution >= 0.6 is 0 Å². The molecule has 2 nitrogen and oxygen atoms in total. The lowest BCUT2D eigenvalue weighted by molar-refractivity contribution is 0.0982. The molecule has 0 fully saturated rings. The van der Waals surface area contributed by atoms with E-state index in [0.29, 0.717) is 24.0 Å². The molecule has 0 atom stereocenters. The van der Waals surface area contributed by atoms with Gasteiger partial charge in [0.25, 0.3) is 0 Å². The summed E-state index contributed by atoms with van der Waals surface area (Å²) in [4.78, 5) is 17.2. The summed E-state index contributed by atoms with van der Waals surface area (Å²) in [5.74, 6) is -1.28. The van der Waals surface area contributed by atoms with Crippen LogP contribution in [0.15, 0.2) is 54.7 Å². The minimum absolute atomic E-state index is 0.0291. The Morgan fingerprint density at radius 1 is 1.03 bits per heavy atom. The van der Waals surface area contributed by atoms with Crippen LogP contribution in [0.3, 0.4) is 0 Å². The summed E-state index contributed by atoms with van der Waals surface area (Å²) in [5.41, 5.74) is 6.38. The number of ketones is 1. The van der Waals surface area contributed by atoms with Crippen molar-refractivity contribution in [3.8, 4) is 0 Å². The molecule has 0 saturated carbocycles. The Labute approximate surface area is 176 Å². The number of pyridine rings is 1. The third-order valence-corrected chi connectivity index (χ3v) is 5.30. The van der Waals surface area contributed by atoms with Crippen molar-refractivity contribution in [1.82, 2.24) is 4.98 Å². The lowest BCUT2D eigenvalue weighted by atomic mass is 9.91. The summed E-state index contributed by atoms with van der Waals surface area (Å²) < 4.78 is 26.8. The minimum Gasteiger partial charge on any atom is -0.294 e. The molecule has 0 aliphatic heterocycles. The van der Waals surface area contributed by atoms with Gasteiger partial charge in [-0.25, -0.2) is 8.78 Å². The van der Waals surface area contributed by atoms with Crippen molar-refractivity contribution in [2.24, 2.45) is 0 Å². The summed E-state index contributed by atoms with van der Waals surface area (Å²) in [6, 6.07) is 11.1. The molecule has 0 unspecified atom stereocenters. The van der Waals surface area contributed by atoms with E-state index in [0.717, 1.165) is 34.0 Å². The van der Waals surface area contributed by atoms with Crippen LogP contribution < -0.4 is 0 Å². The summed E-state index contributed by atoms with van der Waals surface area (Å²) in [7, 11) is 0. The average molecular weight is 405 g/mol. The Balaban J connectivity index is 1.81. The molecule has 2 aromatic carbocycles. The molecule has 30 heavy (non-hydrogen) atoms. The fraction of sp³-hybridized carbons (Fsp3) is 0.231. The molecule has 4 heteroatoms. The summed E-state index contributed by atoms with van der Waals surface area (Å²) in [6.45, 7) is 5.92. The van der Waals surface area contributed by atoms with E-state index in [4.69, 9.17) is 0 Å². The number of hydrogen-bond donors (Lipinski definition) is 0. The van der Waals surface area contributed by atoms with Crippen LogP contribution in [0.1, 0.15) is 57.2 Å². The molecule has 1 aromatic heterocycles. The van der Waals surface area contributed by atoms with Gasteiger partial charge in [-0.2, -0.15) is 0 Å². The number of hydrogen-bond acceptors (Lipinski definition) is 2. The molecule has 1 heterocycles. The summed E-state index contributed by atoms with van der Waals surface area (Å²) in [6.07, 6.45) is 7.05. The van der Waals surface area contributed by atoms with Crippen LogP contribution in [0.2, 0.25) is 0 Å². The number of aromatic nitrogens is 1. The van der Waals surface area contributed by atoms with Gasteiger partial charge in [0.15, 0.2) is 5.78 Å². The maximum absolute atomic E-state index is 13.4. The zero-order valence-electron chi connectivity index (χ0n) is 17.5. The van der Waals surface area contributed by atoms with E-state index in [-0.39, 0.29) is 12.2 Å². The first-order valence-electron chi connectivity index (χ1n) is 10.0. The second kappa shape index (κ2) is 9.57. The predicted molar refractivity (Wildman–Crippen MR) is 117 cm³/mol. The normalized spacial score (nSPS) is 11.2. The van der Waals surface area contributed by atoms with Gasteiger partial charge < -0.3 is 0 Å². The molecular weight excluding hydrogens is 380 g/mol. The van der Waals surface area contributed by atoms with E-state index in [1.165, 1.54) is 12.1 Å². The number of allylic oxidation sites excluding steroid dienone is 1. The second-order valence-corrected chi connectivity index (χ2v) is 7.44. The zero-order chi connectivity index (χ0) is 21.7. The number of rotatable bonds is 7. The highest BCUT2D eigenvalue weighted by Crippen LogP contribution is 2.23. The van der Waals surface area contributed by atoms with Crippen molar-refractivity contribution in [2.45, 2.75) is 40.0 Å². The van der Waals surface area contributed by atoms with Crippen LogP contribution in [0, 0.1) is 25.5 Å². The molecule has 0 aliphatic carbocycles. The number of Topliss-reactive ketones (excluding diaryl/α,β-unsaturated/α-hetero) is 1. The maximum atomic E-state index is 13.4. The summed E-state index contributed by atoms with van der Waals surface area (Å²) >= 11 is 0. The Morgan fingerprint density at radius 2 is 1.77 bits per heavy atom. The number of carbonyl (C=O) groups is 1. The van der Waals surface area contributed by atoms with Crippen molar-refractivity contribution < 1.29 is 13.6 Å². The third-order valence-electron chi connectivity index (χ3n) is 5.30. The molecule has 0 bridgehead atoms. The minimum atomic E-state index is -0.625. The number of aryl methyl sites for hydroxylation is 2. The molecule has 0 aliphatic rings. The van der Waals surface area contributed by atoms with Gasteiger partial charge in [-0.3, -0.25) is 9.78 Å². The van der Waals surface area contributed by atoms with Crippen molar-refractivity contribution in [3.05, 3.63) is 105 Å². The average Bonchev–Trinajstić information content (AvgIpc) is 2.69. The van der Waals surface area contributed by atoms with Crippen molar-refractivity contribution in [3.63, 3.8) is 0 Å². The van der Waals surface area contributed by atoms with Gasteiger partial charge in [-0.15, -0.1) is 0 Å². The fourth-order valence-corrected chi connectivity index (χ4v) is 3.71. The van der Waals surface area contributed by atoms with Crippen LogP contribution in [-0.2, 0) is 12.8 Å². The Kier molecular flexibility index (Phi) is 6.88. The first-order valence-corrected chi connectivity index (χ1v) is 10.0. The van der Waals surface area contributed by atoms with E-state index in [2.05, 4.69) is 11.1 Å². The van der Waals surface area contributed by atoms with Gasteiger partial charge in [0.05, 0.1) is 0 Å². The smallest absolute Gasteiger partial charge is 0.163 e. The second-order valence-electron chi connectivity index (χ2n) is 7.44. The molecule has 0 spiro atoms. The van der Waals surface area contributed by atoms with Gasteiger partial charge >= 0.3 is 0 Å². The molecule has 3 aromatic rings. The number of halogens is 2. The van der Waals surface area contributed by atoms with Crippen LogP contribution in [0.25, 0.3) is 6.08 Å². The van der Waals surface area contributed by atoms with Gasteiger partial charge in [0, 0.05) is 29.9 Å². The SMILES string of the molecule is C/C=C\c1c(Cc2cccc(C(=O)CCc3cc(F)cc(F)c3)c2C)ccnc1C. The lowest BCUT2D eigenvalue weighted by Crippen LogP contribution is -2.07. The van der Waals surface area contributed by atoms with E-state index in [1.807, 2.05) is 51.1 Å². The quantitative estimate of drug-likeness (QED) is 0.425. The van der Waals surface area contributed by atoms with Crippen molar-refractivity contribution in [1.29, 1.82) is 0 Å². The number of carbonyl (C=O) groups excluding carboxylic acids is 1. The number of nitrogens with zero attached hydrogens (tertiary/aromatic N) is 1. The van der Waals surface area contributed by atoms with E-state index >= 15 is 0 Å². The Hall–Kier alpha value is -3.14. The maximum Gasteiger partial charge on any atom is 0.163 e. The van der Waals surface area contributed by atoms with Gasteiger partial charge in [0.1, 0.15) is 11.6 Å². The Morgan fingerprint density at radius 3 is 2.47 bits per heavy atom. The highest BCUT2D eigenvalue weighted by Gasteiger charge is 2.14. The highest BCUT2D eigenvalue weighted by molar-refractivity contribution is 5.97. The number of benzene rings is 2. The molecule has 0 N–H and O–H groups in total. The topological polar surface area (TPSA) is 30.0 Å². The summed E-state index contributed by atoms with van der Waals surface area (Å²) in [5, 5.41) is 0. The zero-order valence-corrected chi connectivity index (χ0v) is 17.5. The Bertz CT molecular complexity index is 1080. The van der Waals surface area contributed by atoms with E-state index in [9.17, 15) is 13.6 Å². The van der Waals surface area contributed by atoms with Gasteiger partial charge in [-0.05, 0) is 79.6 Å². The molecule has 154 valence electrons. The van der Waals surface area contributed by atoms with Gasteiger partial charge in [-0.1, -0.05) is 30.4 Å². The third kappa shape index (κ3) is 5.07. The van der Waals surface area contributed by atoms with E-state index < -0.39 is 11.6 Å². The molecule has 0 saturated heterocycles. The molecule has 0 amide bonds.